The normalized spacial score (nSPS) is 13.7. The number of pyridine rings is 1. The van der Waals surface area contributed by atoms with Crippen LogP contribution in [0.3, 0.4) is 0 Å². The van der Waals surface area contributed by atoms with Gasteiger partial charge in [0.1, 0.15) is 5.01 Å². The molecule has 1 N–H and O–H groups in total. The van der Waals surface area contributed by atoms with Gasteiger partial charge < -0.3 is 10.1 Å². The third kappa shape index (κ3) is 6.29. The van der Waals surface area contributed by atoms with Crippen LogP contribution in [0.5, 0.6) is 0 Å². The summed E-state index contributed by atoms with van der Waals surface area (Å²) in [4.78, 5) is 32.2. The van der Waals surface area contributed by atoms with E-state index in [0.717, 1.165) is 29.8 Å². The second kappa shape index (κ2) is 9.97. The molecule has 0 bridgehead atoms. The molecule has 6 nitrogen and oxygen atoms in total. The molecule has 2 aromatic heterocycles. The molecule has 1 aliphatic carbocycles. The Hall–Kier alpha value is -2.54. The summed E-state index contributed by atoms with van der Waals surface area (Å²) in [6.45, 7) is 0.334. The van der Waals surface area contributed by atoms with Gasteiger partial charge in [0, 0.05) is 29.9 Å². The number of rotatable bonds is 8. The molecule has 7 heteroatoms. The van der Waals surface area contributed by atoms with E-state index in [9.17, 15) is 9.59 Å². The Morgan fingerprint density at radius 3 is 3.00 bits per heavy atom. The van der Waals surface area contributed by atoms with Crippen LogP contribution in [0.25, 0.3) is 10.6 Å². The minimum atomic E-state index is -0.455. The van der Waals surface area contributed by atoms with Gasteiger partial charge in [0.15, 0.2) is 6.61 Å². The fraction of sp³-hybridized carbons (Fsp3) is 0.400. The molecule has 0 unspecified atom stereocenters. The van der Waals surface area contributed by atoms with E-state index >= 15 is 0 Å². The molecule has 27 heavy (non-hydrogen) atoms. The highest BCUT2D eigenvalue weighted by atomic mass is 32.1. The molecule has 1 aliphatic rings. The third-order valence-electron chi connectivity index (χ3n) is 4.30. The highest BCUT2D eigenvalue weighted by molar-refractivity contribution is 7.13. The van der Waals surface area contributed by atoms with Crippen molar-refractivity contribution < 1.29 is 14.3 Å². The molecule has 3 rings (SSSR count). The number of carbonyl (C=O) groups excluding carboxylic acids is 2. The van der Waals surface area contributed by atoms with Crippen molar-refractivity contribution in [3.8, 4) is 10.6 Å². The molecule has 142 valence electrons. The summed E-state index contributed by atoms with van der Waals surface area (Å²) in [5, 5.41) is 5.42. The Morgan fingerprint density at radius 1 is 1.30 bits per heavy atom. The van der Waals surface area contributed by atoms with E-state index in [4.69, 9.17) is 4.74 Å². The van der Waals surface area contributed by atoms with Crippen LogP contribution in [0.4, 0.5) is 0 Å². The molecule has 2 aromatic rings. The zero-order valence-electron chi connectivity index (χ0n) is 15.1. The van der Waals surface area contributed by atoms with Crippen molar-refractivity contribution in [2.45, 2.75) is 38.5 Å². The van der Waals surface area contributed by atoms with Crippen molar-refractivity contribution >= 4 is 23.2 Å². The monoisotopic (exact) mass is 385 g/mol. The minimum Gasteiger partial charge on any atom is -0.455 e. The Labute approximate surface area is 162 Å². The van der Waals surface area contributed by atoms with E-state index in [0.29, 0.717) is 12.2 Å². The molecule has 0 saturated heterocycles. The summed E-state index contributed by atoms with van der Waals surface area (Å²) in [5.41, 5.74) is 2.95. The summed E-state index contributed by atoms with van der Waals surface area (Å²) < 4.78 is 5.05. The molecule has 1 amide bonds. The highest BCUT2D eigenvalue weighted by Crippen LogP contribution is 2.23. The Bertz CT molecular complexity index is 802. The zero-order valence-corrected chi connectivity index (χ0v) is 16.0. The Kier molecular flexibility index (Phi) is 7.10. The van der Waals surface area contributed by atoms with E-state index in [1.807, 2.05) is 17.5 Å². The molecular weight excluding hydrogens is 362 g/mol. The molecule has 0 atom stereocenters. The lowest BCUT2D eigenvalue weighted by molar-refractivity contribution is -0.147. The number of ether oxygens (including phenoxy) is 1. The lowest BCUT2D eigenvalue weighted by Gasteiger charge is -2.12. The van der Waals surface area contributed by atoms with Crippen LogP contribution in [0.15, 0.2) is 41.6 Å². The number of amides is 1. The van der Waals surface area contributed by atoms with Crippen molar-refractivity contribution in [3.05, 3.63) is 47.2 Å². The average Bonchev–Trinajstić information content (AvgIpc) is 3.16. The lowest BCUT2D eigenvalue weighted by Crippen LogP contribution is -2.30. The Morgan fingerprint density at radius 2 is 2.22 bits per heavy atom. The van der Waals surface area contributed by atoms with Gasteiger partial charge in [0.25, 0.3) is 5.91 Å². The Balaban J connectivity index is 1.36. The first kappa shape index (κ1) is 19.2. The van der Waals surface area contributed by atoms with Crippen molar-refractivity contribution in [1.29, 1.82) is 0 Å². The van der Waals surface area contributed by atoms with E-state index in [2.05, 4.69) is 21.4 Å². The fourth-order valence-electron chi connectivity index (χ4n) is 2.90. The van der Waals surface area contributed by atoms with Crippen molar-refractivity contribution in [1.82, 2.24) is 15.3 Å². The molecular formula is C20H23N3O3S. The van der Waals surface area contributed by atoms with Gasteiger partial charge in [-0.3, -0.25) is 14.6 Å². The molecule has 0 fully saturated rings. The van der Waals surface area contributed by atoms with Crippen molar-refractivity contribution in [2.24, 2.45) is 0 Å². The SMILES string of the molecule is O=C(COC(=O)Cc1csc(-c2cccnc2)n1)NCCC1=CCCCC1. The van der Waals surface area contributed by atoms with Gasteiger partial charge >= 0.3 is 5.97 Å². The van der Waals surface area contributed by atoms with Crippen LogP contribution in [0, 0.1) is 0 Å². The van der Waals surface area contributed by atoms with E-state index in [-0.39, 0.29) is 18.9 Å². The number of hydrogen-bond acceptors (Lipinski definition) is 6. The second-order valence-corrected chi connectivity index (χ2v) is 7.29. The topological polar surface area (TPSA) is 81.2 Å². The number of nitrogens with zero attached hydrogens (tertiary/aromatic N) is 2. The van der Waals surface area contributed by atoms with Gasteiger partial charge in [-0.1, -0.05) is 11.6 Å². The number of aromatic nitrogens is 2. The van der Waals surface area contributed by atoms with Gasteiger partial charge in [-0.25, -0.2) is 4.98 Å². The summed E-state index contributed by atoms with van der Waals surface area (Å²) in [6.07, 6.45) is 11.4. The number of nitrogens with one attached hydrogen (secondary N) is 1. The first-order valence-electron chi connectivity index (χ1n) is 9.16. The largest absolute Gasteiger partial charge is 0.455 e. The zero-order chi connectivity index (χ0) is 18.9. The molecule has 0 saturated carbocycles. The van der Waals surface area contributed by atoms with Crippen LogP contribution in [-0.2, 0) is 20.7 Å². The molecule has 0 aliphatic heterocycles. The average molecular weight is 385 g/mol. The van der Waals surface area contributed by atoms with Gasteiger partial charge in [-0.05, 0) is 44.2 Å². The molecule has 0 aromatic carbocycles. The second-order valence-electron chi connectivity index (χ2n) is 6.43. The minimum absolute atomic E-state index is 0.0525. The summed E-state index contributed by atoms with van der Waals surface area (Å²) >= 11 is 1.45. The summed E-state index contributed by atoms with van der Waals surface area (Å²) in [6, 6.07) is 3.76. The molecule has 2 heterocycles. The van der Waals surface area contributed by atoms with E-state index in [1.54, 1.807) is 12.4 Å². The number of thiazole rings is 1. The highest BCUT2D eigenvalue weighted by Gasteiger charge is 2.12. The van der Waals surface area contributed by atoms with Gasteiger partial charge in [0.2, 0.25) is 0 Å². The maximum Gasteiger partial charge on any atom is 0.312 e. The quantitative estimate of drug-likeness (QED) is 0.557. The van der Waals surface area contributed by atoms with Gasteiger partial charge in [-0.2, -0.15) is 0 Å². The first-order valence-corrected chi connectivity index (χ1v) is 10.0. The van der Waals surface area contributed by atoms with E-state index in [1.165, 1.54) is 29.8 Å². The molecule has 0 radical (unpaired) electrons. The lowest BCUT2D eigenvalue weighted by atomic mass is 9.97. The number of hydrogen-bond donors (Lipinski definition) is 1. The fourth-order valence-corrected chi connectivity index (χ4v) is 3.71. The predicted octanol–water partition coefficient (Wildman–Crippen LogP) is 3.30. The smallest absolute Gasteiger partial charge is 0.312 e. The molecule has 0 spiro atoms. The van der Waals surface area contributed by atoms with Crippen LogP contribution in [0.1, 0.15) is 37.8 Å². The summed E-state index contributed by atoms with van der Waals surface area (Å²) in [5.74, 6) is -0.725. The third-order valence-corrected chi connectivity index (χ3v) is 5.24. The maximum atomic E-state index is 11.9. The van der Waals surface area contributed by atoms with Crippen molar-refractivity contribution in [2.75, 3.05) is 13.2 Å². The van der Waals surface area contributed by atoms with Crippen LogP contribution in [-0.4, -0.2) is 35.0 Å². The number of allylic oxidation sites excluding steroid dienone is 1. The number of carbonyl (C=O) groups is 2. The predicted molar refractivity (Wildman–Crippen MR) is 104 cm³/mol. The summed E-state index contributed by atoms with van der Waals surface area (Å²) in [7, 11) is 0. The van der Waals surface area contributed by atoms with Crippen LogP contribution >= 0.6 is 11.3 Å². The van der Waals surface area contributed by atoms with Crippen molar-refractivity contribution in [3.63, 3.8) is 0 Å². The number of esters is 1. The maximum absolute atomic E-state index is 11.9. The standard InChI is InChI=1S/C20H23N3O3S/c24-18(22-10-8-15-5-2-1-3-6-15)13-26-19(25)11-17-14-27-20(23-17)16-7-4-9-21-12-16/h4-5,7,9,12,14H,1-3,6,8,10-11,13H2,(H,22,24). The van der Waals surface area contributed by atoms with Crippen LogP contribution < -0.4 is 5.32 Å². The van der Waals surface area contributed by atoms with E-state index < -0.39 is 5.97 Å². The van der Waals surface area contributed by atoms with Gasteiger partial charge in [-0.15, -0.1) is 11.3 Å². The van der Waals surface area contributed by atoms with Gasteiger partial charge in [0.05, 0.1) is 12.1 Å². The van der Waals surface area contributed by atoms with Crippen LogP contribution in [0.2, 0.25) is 0 Å². The first-order chi connectivity index (χ1) is 13.2.